The molecule has 2 aliphatic rings. The van der Waals surface area contributed by atoms with E-state index in [9.17, 15) is 4.79 Å². The van der Waals surface area contributed by atoms with Crippen LogP contribution >= 0.6 is 0 Å². The quantitative estimate of drug-likeness (QED) is 0.399. The molecule has 0 amide bonds. The zero-order valence-electron chi connectivity index (χ0n) is 19.4. The Bertz CT molecular complexity index is 1320. The molecule has 5 heteroatoms. The van der Waals surface area contributed by atoms with Gasteiger partial charge in [0.2, 0.25) is 0 Å². The molecule has 2 aromatic carbocycles. The molecule has 1 saturated carbocycles. The summed E-state index contributed by atoms with van der Waals surface area (Å²) in [4.78, 5) is 18.1. The maximum absolute atomic E-state index is 13.1. The number of nitrogens with zero attached hydrogens (tertiary/aromatic N) is 3. The summed E-state index contributed by atoms with van der Waals surface area (Å²) in [5.74, 6) is 2.42. The van der Waals surface area contributed by atoms with Gasteiger partial charge in [0.25, 0.3) is 0 Å². The van der Waals surface area contributed by atoms with Gasteiger partial charge in [-0.2, -0.15) is 0 Å². The third-order valence-corrected chi connectivity index (χ3v) is 7.50. The van der Waals surface area contributed by atoms with Crippen molar-refractivity contribution in [3.63, 3.8) is 0 Å². The summed E-state index contributed by atoms with van der Waals surface area (Å²) in [7, 11) is 2.09. The predicted molar refractivity (Wildman–Crippen MR) is 134 cm³/mol. The van der Waals surface area contributed by atoms with Crippen molar-refractivity contribution >= 4 is 27.7 Å². The lowest BCUT2D eigenvalue weighted by atomic mass is 9.94. The van der Waals surface area contributed by atoms with Gasteiger partial charge in [-0.25, -0.2) is 4.98 Å². The van der Waals surface area contributed by atoms with Crippen LogP contribution in [0.25, 0.3) is 33.5 Å². The molecule has 2 fully saturated rings. The van der Waals surface area contributed by atoms with Crippen LogP contribution in [0.5, 0.6) is 0 Å². The lowest BCUT2D eigenvalue weighted by Crippen LogP contribution is -2.22. The molecular formula is C28H32N4O. The molecular weight excluding hydrogens is 408 g/mol. The number of carbonyl (C=O) groups is 1. The Morgan fingerprint density at radius 2 is 1.91 bits per heavy atom. The fraction of sp³-hybridized carbons (Fsp3) is 0.429. The van der Waals surface area contributed by atoms with E-state index in [0.717, 1.165) is 54.4 Å². The summed E-state index contributed by atoms with van der Waals surface area (Å²) in [6, 6.07) is 16.9. The predicted octanol–water partition coefficient (Wildman–Crippen LogP) is 5.57. The lowest BCUT2D eigenvalue weighted by molar-refractivity contribution is 0.0959. The van der Waals surface area contributed by atoms with Gasteiger partial charge in [0, 0.05) is 36.5 Å². The number of aromatic nitrogens is 3. The van der Waals surface area contributed by atoms with Gasteiger partial charge in [-0.1, -0.05) is 24.6 Å². The van der Waals surface area contributed by atoms with Gasteiger partial charge in [0.05, 0.1) is 16.7 Å². The van der Waals surface area contributed by atoms with E-state index in [1.807, 2.05) is 12.1 Å². The summed E-state index contributed by atoms with van der Waals surface area (Å²) in [5.41, 5.74) is 5.20. The molecule has 0 bridgehead atoms. The molecule has 5 nitrogen and oxygen atoms in total. The van der Waals surface area contributed by atoms with Gasteiger partial charge >= 0.3 is 0 Å². The number of Topliss-reactive ketones (excluding diaryl/α,β-unsaturated/α-hetero) is 1. The highest BCUT2D eigenvalue weighted by molar-refractivity contribution is 5.99. The molecule has 1 saturated heterocycles. The van der Waals surface area contributed by atoms with E-state index in [-0.39, 0.29) is 5.78 Å². The van der Waals surface area contributed by atoms with Crippen molar-refractivity contribution in [2.75, 3.05) is 13.1 Å². The second-order valence-electron chi connectivity index (χ2n) is 10.0. The second kappa shape index (κ2) is 8.45. The molecule has 3 heterocycles. The number of rotatable bonds is 6. The average Bonchev–Trinajstić information content (AvgIpc) is 3.56. The van der Waals surface area contributed by atoms with E-state index in [4.69, 9.17) is 4.98 Å². The van der Waals surface area contributed by atoms with Crippen LogP contribution in [0.1, 0.15) is 48.9 Å². The Morgan fingerprint density at radius 1 is 1.03 bits per heavy atom. The summed E-state index contributed by atoms with van der Waals surface area (Å²) >= 11 is 0. The highest BCUT2D eigenvalue weighted by Gasteiger charge is 2.25. The average molecular weight is 441 g/mol. The molecule has 170 valence electrons. The first-order valence-corrected chi connectivity index (χ1v) is 12.5. The number of fused-ring (bicyclic) bond motifs is 2. The minimum absolute atomic E-state index is 0.237. The molecule has 0 spiro atoms. The Balaban J connectivity index is 1.35. The minimum Gasteiger partial charge on any atom is -0.338 e. The molecule has 1 atom stereocenters. The van der Waals surface area contributed by atoms with Gasteiger partial charge in [-0.15, -0.1) is 0 Å². The summed E-state index contributed by atoms with van der Waals surface area (Å²) in [5, 5.41) is 4.73. The van der Waals surface area contributed by atoms with E-state index < -0.39 is 0 Å². The molecule has 4 aromatic rings. The normalized spacial score (nSPS) is 19.2. The highest BCUT2D eigenvalue weighted by atomic mass is 16.1. The number of carbonyl (C=O) groups excluding carboxylic acids is 1. The fourth-order valence-corrected chi connectivity index (χ4v) is 5.40. The number of hydrogen-bond donors (Lipinski definition) is 1. The zero-order valence-corrected chi connectivity index (χ0v) is 19.4. The molecule has 1 unspecified atom stereocenters. The number of aryl methyl sites for hydroxylation is 1. The van der Waals surface area contributed by atoms with Crippen LogP contribution in [0.4, 0.5) is 0 Å². The molecule has 33 heavy (non-hydrogen) atoms. The van der Waals surface area contributed by atoms with E-state index >= 15 is 0 Å². The maximum atomic E-state index is 13.1. The van der Waals surface area contributed by atoms with Gasteiger partial charge < -0.3 is 14.5 Å². The van der Waals surface area contributed by atoms with Crippen LogP contribution in [0.2, 0.25) is 0 Å². The van der Waals surface area contributed by atoms with E-state index in [1.165, 1.54) is 42.3 Å². The maximum Gasteiger partial charge on any atom is 0.163 e. The van der Waals surface area contributed by atoms with E-state index in [2.05, 4.69) is 57.9 Å². The Hall–Kier alpha value is -2.92. The Labute approximate surface area is 194 Å². The number of imidazole rings is 1. The van der Waals surface area contributed by atoms with Crippen LogP contribution in [0, 0.1) is 11.8 Å². The van der Waals surface area contributed by atoms with Gasteiger partial charge in [0.1, 0.15) is 0 Å². The van der Waals surface area contributed by atoms with Crippen LogP contribution in [0.15, 0.2) is 48.5 Å². The third-order valence-electron chi connectivity index (χ3n) is 7.50. The van der Waals surface area contributed by atoms with Crippen molar-refractivity contribution in [1.29, 1.82) is 0 Å². The third kappa shape index (κ3) is 3.99. The smallest absolute Gasteiger partial charge is 0.163 e. The number of hydrogen-bond acceptors (Lipinski definition) is 3. The van der Waals surface area contributed by atoms with Crippen molar-refractivity contribution < 1.29 is 4.79 Å². The van der Waals surface area contributed by atoms with Crippen molar-refractivity contribution in [2.24, 2.45) is 18.9 Å². The van der Waals surface area contributed by atoms with Crippen LogP contribution < -0.4 is 5.32 Å². The largest absolute Gasteiger partial charge is 0.338 e. The van der Waals surface area contributed by atoms with Crippen molar-refractivity contribution in [2.45, 2.75) is 45.1 Å². The molecule has 0 radical (unpaired) electrons. The van der Waals surface area contributed by atoms with E-state index in [0.29, 0.717) is 12.3 Å². The first-order chi connectivity index (χ1) is 16.2. The van der Waals surface area contributed by atoms with Crippen molar-refractivity contribution in [3.8, 4) is 11.5 Å². The topological polar surface area (TPSA) is 51.9 Å². The van der Waals surface area contributed by atoms with Crippen LogP contribution in [-0.4, -0.2) is 33.0 Å². The van der Waals surface area contributed by atoms with Crippen molar-refractivity contribution in [1.82, 2.24) is 19.4 Å². The molecule has 1 aliphatic carbocycles. The van der Waals surface area contributed by atoms with Gasteiger partial charge in [-0.3, -0.25) is 4.79 Å². The highest BCUT2D eigenvalue weighted by Crippen LogP contribution is 2.36. The summed E-state index contributed by atoms with van der Waals surface area (Å²) in [6.07, 6.45) is 6.81. The minimum atomic E-state index is 0.237. The summed E-state index contributed by atoms with van der Waals surface area (Å²) in [6.45, 7) is 3.07. The monoisotopic (exact) mass is 440 g/mol. The Morgan fingerprint density at radius 3 is 2.79 bits per heavy atom. The first-order valence-electron chi connectivity index (χ1n) is 12.5. The van der Waals surface area contributed by atoms with Crippen molar-refractivity contribution in [3.05, 3.63) is 54.1 Å². The number of ketones is 1. The van der Waals surface area contributed by atoms with Gasteiger partial charge in [0.15, 0.2) is 11.6 Å². The van der Waals surface area contributed by atoms with E-state index in [1.54, 1.807) is 0 Å². The Kier molecular flexibility index (Phi) is 5.30. The van der Waals surface area contributed by atoms with Crippen LogP contribution in [-0.2, 0) is 13.6 Å². The molecule has 1 N–H and O–H groups in total. The lowest BCUT2D eigenvalue weighted by Gasteiger charge is -2.13. The first kappa shape index (κ1) is 20.7. The van der Waals surface area contributed by atoms with Gasteiger partial charge in [-0.05, 0) is 80.9 Å². The summed E-state index contributed by atoms with van der Waals surface area (Å²) < 4.78 is 4.62. The molecule has 1 aliphatic heterocycles. The fourth-order valence-electron chi connectivity index (χ4n) is 5.40. The molecule has 6 rings (SSSR count). The second-order valence-corrected chi connectivity index (χ2v) is 10.0. The standard InChI is InChI=1S/C28H32N4O/c1-31-25-12-11-22(27(33)14-20-6-4-5-13-29-17-20)15-23(25)30-28(31)26-16-21-7-2-3-8-24(21)32(26)18-19-9-10-19/h2-3,7-8,11-12,15-16,19-20,29H,4-6,9-10,13-14,17-18H2,1H3. The number of nitrogens with one attached hydrogen (secondary N) is 1. The number of para-hydroxylation sites is 1. The molecule has 2 aromatic heterocycles. The SMILES string of the molecule is Cn1c(-c2cc3ccccc3n2CC2CC2)nc2cc(C(=O)CC3CCCCNC3)ccc21. The zero-order chi connectivity index (χ0) is 22.4. The van der Waals surface area contributed by atoms with Crippen LogP contribution in [0.3, 0.4) is 0 Å². The number of benzene rings is 2.